The summed E-state index contributed by atoms with van der Waals surface area (Å²) in [7, 11) is 3.14. The fourth-order valence-corrected chi connectivity index (χ4v) is 7.83. The summed E-state index contributed by atoms with van der Waals surface area (Å²) in [6, 6.07) is 8.70. The van der Waals surface area contributed by atoms with Crippen molar-refractivity contribution in [2.45, 2.75) is 76.4 Å². The smallest absolute Gasteiger partial charge is 0.255 e. The summed E-state index contributed by atoms with van der Waals surface area (Å²) in [5.41, 5.74) is 5.32. The number of phenolic OH excluding ortho intramolecular Hbond substituents is 1. The first kappa shape index (κ1) is 32.7. The lowest BCUT2D eigenvalue weighted by atomic mass is 9.57. The summed E-state index contributed by atoms with van der Waals surface area (Å²) in [4.78, 5) is 54.1. The molecule has 0 bridgehead atoms. The fourth-order valence-electron chi connectivity index (χ4n) is 7.83. The van der Waals surface area contributed by atoms with Crippen LogP contribution in [-0.4, -0.2) is 74.3 Å². The molecule has 4 aliphatic rings. The molecule has 4 aliphatic carbocycles. The average Bonchev–Trinajstić information content (AvgIpc) is 3.84. The van der Waals surface area contributed by atoms with Crippen LogP contribution in [0.25, 0.3) is 16.9 Å². The van der Waals surface area contributed by atoms with Crippen LogP contribution < -0.4 is 5.73 Å². The molecule has 1 amide bonds. The second kappa shape index (κ2) is 11.2. The zero-order valence-corrected chi connectivity index (χ0v) is 27.4. The van der Waals surface area contributed by atoms with Gasteiger partial charge in [0, 0.05) is 23.8 Å². The number of aromatic hydroxyl groups is 1. The predicted octanol–water partition coefficient (Wildman–Crippen LogP) is 3.84. The number of aliphatic hydroxyl groups excluding tert-OH is 2. The number of ketones is 3. The fraction of sp³-hybridized carbons (Fsp3) is 0.459. The lowest BCUT2D eigenvalue weighted by Gasteiger charge is -2.50. The summed E-state index contributed by atoms with van der Waals surface area (Å²) >= 11 is 0. The molecule has 6 rings (SSSR count). The zero-order valence-electron chi connectivity index (χ0n) is 27.4. The molecule has 0 spiro atoms. The zero-order chi connectivity index (χ0) is 34.3. The SMILES string of the molecule is CN(C)C1C(=O)C(C(N)=O)=C(O)[C@@]2(O)C(=O)C3=C(O)c4c(O)c(CCC(=O)C5CC5)cc(-c5ccc(C(C)(C)C)cc5)c4C[C@H]3C[C@@H]12. The second-order valence-electron chi connectivity index (χ2n) is 14.8. The van der Waals surface area contributed by atoms with E-state index in [1.54, 1.807) is 14.1 Å². The number of nitrogens with two attached hydrogens (primary N) is 1. The van der Waals surface area contributed by atoms with Gasteiger partial charge in [-0.1, -0.05) is 45.0 Å². The molecule has 1 unspecified atom stereocenters. The molecule has 6 N–H and O–H groups in total. The monoisotopic (exact) mass is 642 g/mol. The number of nitrogens with zero attached hydrogens (tertiary/aromatic N) is 1. The summed E-state index contributed by atoms with van der Waals surface area (Å²) in [6.45, 7) is 6.34. The Kier molecular flexibility index (Phi) is 7.76. The lowest BCUT2D eigenvalue weighted by molar-refractivity contribution is -0.153. The highest BCUT2D eigenvalue weighted by Crippen LogP contribution is 2.54. The van der Waals surface area contributed by atoms with Crippen molar-refractivity contribution in [3.05, 3.63) is 69.5 Å². The molecular weight excluding hydrogens is 600 g/mol. The number of aliphatic hydroxyl groups is 3. The number of hydrogen-bond acceptors (Lipinski definition) is 9. The minimum atomic E-state index is -2.71. The lowest BCUT2D eigenvalue weighted by Crippen LogP contribution is -2.65. The van der Waals surface area contributed by atoms with Gasteiger partial charge in [0.05, 0.1) is 11.6 Å². The number of carbonyl (C=O) groups excluding carboxylic acids is 4. The normalized spacial score (nSPS) is 25.9. The van der Waals surface area contributed by atoms with Crippen LogP contribution in [0.5, 0.6) is 5.75 Å². The van der Waals surface area contributed by atoms with E-state index in [1.807, 2.05) is 30.3 Å². The van der Waals surface area contributed by atoms with Crippen molar-refractivity contribution in [1.29, 1.82) is 0 Å². The van der Waals surface area contributed by atoms with Crippen LogP contribution in [-0.2, 0) is 37.4 Å². The van der Waals surface area contributed by atoms with Gasteiger partial charge in [-0.3, -0.25) is 24.1 Å². The summed E-state index contributed by atoms with van der Waals surface area (Å²) in [6.07, 6.45) is 2.35. The van der Waals surface area contributed by atoms with Crippen LogP contribution in [0.4, 0.5) is 0 Å². The highest BCUT2D eigenvalue weighted by molar-refractivity contribution is 6.24. The van der Waals surface area contributed by atoms with E-state index in [0.29, 0.717) is 11.1 Å². The molecule has 0 radical (unpaired) electrons. The summed E-state index contributed by atoms with van der Waals surface area (Å²) < 4.78 is 0. The molecule has 4 atom stereocenters. The molecule has 248 valence electrons. The molecule has 10 nitrogen and oxygen atoms in total. The van der Waals surface area contributed by atoms with E-state index in [0.717, 1.165) is 29.5 Å². The van der Waals surface area contributed by atoms with Crippen LogP contribution in [0.15, 0.2) is 47.2 Å². The Hall–Kier alpha value is -4.28. The van der Waals surface area contributed by atoms with Gasteiger partial charge in [0.25, 0.3) is 5.91 Å². The van der Waals surface area contributed by atoms with E-state index in [-0.39, 0.29) is 59.7 Å². The van der Waals surface area contributed by atoms with E-state index >= 15 is 0 Å². The largest absolute Gasteiger partial charge is 0.508 e. The average molecular weight is 643 g/mol. The number of phenols is 1. The van der Waals surface area contributed by atoms with Crippen LogP contribution in [0.2, 0.25) is 0 Å². The Morgan fingerprint density at radius 2 is 1.68 bits per heavy atom. The van der Waals surface area contributed by atoms with Gasteiger partial charge >= 0.3 is 0 Å². The third-order valence-corrected chi connectivity index (χ3v) is 10.5. The molecular formula is C37H42N2O8. The molecule has 0 saturated heterocycles. The molecule has 2 aromatic carbocycles. The molecule has 10 heteroatoms. The van der Waals surface area contributed by atoms with Crippen LogP contribution in [0, 0.1) is 17.8 Å². The minimum Gasteiger partial charge on any atom is -0.508 e. The van der Waals surface area contributed by atoms with Crippen molar-refractivity contribution in [1.82, 2.24) is 4.90 Å². The molecule has 2 aromatic rings. The van der Waals surface area contributed by atoms with E-state index in [4.69, 9.17) is 5.73 Å². The number of fused-ring (bicyclic) bond motifs is 3. The number of amides is 1. The van der Waals surface area contributed by atoms with Crippen LogP contribution in [0.3, 0.4) is 0 Å². The van der Waals surface area contributed by atoms with Crippen molar-refractivity contribution in [3.8, 4) is 16.9 Å². The molecule has 0 aliphatic heterocycles. The number of primary amides is 1. The Balaban J connectivity index is 1.54. The summed E-state index contributed by atoms with van der Waals surface area (Å²) in [5, 5.41) is 46.6. The van der Waals surface area contributed by atoms with Crippen molar-refractivity contribution >= 4 is 29.0 Å². The van der Waals surface area contributed by atoms with Crippen molar-refractivity contribution in [2.24, 2.45) is 23.5 Å². The van der Waals surface area contributed by atoms with Gasteiger partial charge in [-0.15, -0.1) is 0 Å². The van der Waals surface area contributed by atoms with Crippen molar-refractivity contribution in [2.75, 3.05) is 14.1 Å². The maximum absolute atomic E-state index is 14.3. The predicted molar refractivity (Wildman–Crippen MR) is 174 cm³/mol. The standard InChI is InChI=1S/C37H42N2O8/c1-36(2,3)21-11-8-17(9-12-21)22-14-19(10-13-25(40)18-6-7-18)30(41)27-23(22)15-20-16-24-29(39(4)5)32(43)28(35(38)46)34(45)37(24,47)33(44)26(20)31(27)42/h8-9,11-12,14,18,20,24,29,41-42,45,47H,6-7,10,13,15-16H2,1-5H3,(H2,38,46)/t20-,24-,29?,37-/m0/s1. The Labute approximate surface area is 273 Å². The minimum absolute atomic E-state index is 0.00652. The molecule has 2 saturated carbocycles. The second-order valence-corrected chi connectivity index (χ2v) is 14.8. The van der Waals surface area contributed by atoms with E-state index in [2.05, 4.69) is 20.8 Å². The van der Waals surface area contributed by atoms with E-state index in [9.17, 15) is 39.6 Å². The Bertz CT molecular complexity index is 1790. The van der Waals surface area contributed by atoms with Gasteiger partial charge < -0.3 is 26.2 Å². The van der Waals surface area contributed by atoms with E-state index in [1.165, 1.54) is 4.90 Å². The maximum atomic E-state index is 14.3. The molecule has 0 aromatic heterocycles. The van der Waals surface area contributed by atoms with Gasteiger partial charge in [-0.25, -0.2) is 0 Å². The first-order chi connectivity index (χ1) is 22.0. The number of Topliss-reactive ketones (excluding diaryl/α,β-unsaturated/α-hetero) is 3. The number of benzene rings is 2. The number of rotatable bonds is 7. The third kappa shape index (κ3) is 5.09. The Morgan fingerprint density at radius 1 is 1.04 bits per heavy atom. The summed E-state index contributed by atoms with van der Waals surface area (Å²) in [5.74, 6) is -6.73. The Morgan fingerprint density at radius 3 is 2.23 bits per heavy atom. The number of carbonyl (C=O) groups is 4. The van der Waals surface area contributed by atoms with Gasteiger partial charge in [-0.2, -0.15) is 0 Å². The van der Waals surface area contributed by atoms with Gasteiger partial charge in [-0.05, 0) is 91.4 Å². The van der Waals surface area contributed by atoms with E-state index < -0.39 is 58.0 Å². The highest BCUT2D eigenvalue weighted by Gasteiger charge is 2.64. The van der Waals surface area contributed by atoms with Crippen molar-refractivity contribution in [3.63, 3.8) is 0 Å². The van der Waals surface area contributed by atoms with Gasteiger partial charge in [0.15, 0.2) is 11.4 Å². The van der Waals surface area contributed by atoms with Crippen molar-refractivity contribution < 1.29 is 39.6 Å². The maximum Gasteiger partial charge on any atom is 0.255 e. The number of hydrogen-bond donors (Lipinski definition) is 5. The topological polar surface area (TPSA) is 178 Å². The first-order valence-electron chi connectivity index (χ1n) is 16.1. The van der Waals surface area contributed by atoms with Gasteiger partial charge in [0.2, 0.25) is 5.78 Å². The third-order valence-electron chi connectivity index (χ3n) is 10.5. The van der Waals surface area contributed by atoms with Gasteiger partial charge in [0.1, 0.15) is 28.6 Å². The number of aryl methyl sites for hydroxylation is 1. The first-order valence-corrected chi connectivity index (χ1v) is 16.1. The van der Waals surface area contributed by atoms with Crippen LogP contribution in [0.1, 0.15) is 68.7 Å². The number of likely N-dealkylation sites (N-methyl/N-ethyl adjacent to an activating group) is 1. The molecule has 2 fully saturated rings. The molecule has 47 heavy (non-hydrogen) atoms. The van der Waals surface area contributed by atoms with Crippen LogP contribution >= 0.6 is 0 Å². The highest BCUT2D eigenvalue weighted by atomic mass is 16.3. The quantitative estimate of drug-likeness (QED) is 0.281. The molecule has 0 heterocycles.